The maximum atomic E-state index is 12.4. The highest BCUT2D eigenvalue weighted by Crippen LogP contribution is 2.46. The van der Waals surface area contributed by atoms with Crippen molar-refractivity contribution in [2.45, 2.75) is 26.3 Å². The van der Waals surface area contributed by atoms with Crippen LogP contribution in [0.5, 0.6) is 0 Å². The third-order valence-corrected chi connectivity index (χ3v) is 4.25. The number of carboxylic acids is 1. The molecule has 6 nitrogen and oxygen atoms in total. The molecule has 1 heterocycles. The number of nitrogens with one attached hydrogen (secondary N) is 1. The van der Waals surface area contributed by atoms with Crippen LogP contribution in [0.3, 0.4) is 0 Å². The van der Waals surface area contributed by atoms with Crippen LogP contribution in [0.25, 0.3) is 10.9 Å². The molecular weight excluding hydrogens is 296 g/mol. The van der Waals surface area contributed by atoms with Crippen molar-refractivity contribution in [1.82, 2.24) is 4.57 Å². The van der Waals surface area contributed by atoms with Crippen molar-refractivity contribution >= 4 is 28.5 Å². The fraction of sp³-hybridized carbons (Fsp3) is 0.412. The Morgan fingerprint density at radius 3 is 2.78 bits per heavy atom. The summed E-state index contributed by atoms with van der Waals surface area (Å²) in [6.45, 7) is 2.92. The van der Waals surface area contributed by atoms with Crippen molar-refractivity contribution < 1.29 is 19.4 Å². The Balaban J connectivity index is 1.74. The minimum atomic E-state index is -0.883. The molecule has 1 amide bonds. The van der Waals surface area contributed by atoms with Gasteiger partial charge in [0.2, 0.25) is 5.91 Å². The van der Waals surface area contributed by atoms with Crippen molar-refractivity contribution in [3.63, 3.8) is 0 Å². The number of nitrogens with zero attached hydrogens (tertiary/aromatic N) is 1. The molecule has 3 rings (SSSR count). The van der Waals surface area contributed by atoms with Crippen molar-refractivity contribution in [1.29, 1.82) is 0 Å². The number of amides is 1. The van der Waals surface area contributed by atoms with Crippen LogP contribution in [0.1, 0.15) is 19.8 Å². The minimum absolute atomic E-state index is 0.00438. The lowest BCUT2D eigenvalue weighted by molar-refractivity contribution is -0.137. The second kappa shape index (κ2) is 6.04. The number of carboxylic acid groups (broad SMARTS) is 1. The number of hydrogen-bond acceptors (Lipinski definition) is 3. The van der Waals surface area contributed by atoms with Gasteiger partial charge in [-0.1, -0.05) is 0 Å². The SMILES string of the molecule is CCOCC1(C(=O)Nc2ccc3c(ccn3CC(=O)O)c2)CC1. The molecule has 1 aliphatic rings. The molecule has 2 N–H and O–H groups in total. The number of aliphatic carboxylic acids is 1. The first-order valence-corrected chi connectivity index (χ1v) is 7.74. The molecule has 0 saturated heterocycles. The molecule has 0 spiro atoms. The lowest BCUT2D eigenvalue weighted by Crippen LogP contribution is -2.28. The quantitative estimate of drug-likeness (QED) is 0.822. The third-order valence-electron chi connectivity index (χ3n) is 4.25. The summed E-state index contributed by atoms with van der Waals surface area (Å²) in [5, 5.41) is 12.7. The first-order valence-electron chi connectivity index (χ1n) is 7.74. The van der Waals surface area contributed by atoms with E-state index in [0.717, 1.165) is 29.4 Å². The summed E-state index contributed by atoms with van der Waals surface area (Å²) in [6, 6.07) is 7.34. The lowest BCUT2D eigenvalue weighted by atomic mass is 10.1. The number of aromatic nitrogens is 1. The van der Waals surface area contributed by atoms with Gasteiger partial charge in [-0.05, 0) is 44.0 Å². The molecule has 0 atom stereocenters. The molecule has 23 heavy (non-hydrogen) atoms. The number of carbonyl (C=O) groups is 2. The Morgan fingerprint density at radius 1 is 1.35 bits per heavy atom. The summed E-state index contributed by atoms with van der Waals surface area (Å²) in [5.74, 6) is -0.887. The van der Waals surface area contributed by atoms with E-state index in [9.17, 15) is 9.59 Å². The van der Waals surface area contributed by atoms with Crippen molar-refractivity contribution in [3.05, 3.63) is 30.5 Å². The van der Waals surface area contributed by atoms with Crippen molar-refractivity contribution in [2.24, 2.45) is 5.41 Å². The van der Waals surface area contributed by atoms with Crippen LogP contribution in [0.15, 0.2) is 30.5 Å². The van der Waals surface area contributed by atoms with Gasteiger partial charge >= 0.3 is 5.97 Å². The minimum Gasteiger partial charge on any atom is -0.480 e. The largest absolute Gasteiger partial charge is 0.480 e. The van der Waals surface area contributed by atoms with Gasteiger partial charge in [-0.3, -0.25) is 9.59 Å². The fourth-order valence-corrected chi connectivity index (χ4v) is 2.71. The molecule has 0 bridgehead atoms. The monoisotopic (exact) mass is 316 g/mol. The molecule has 0 aliphatic heterocycles. The number of anilines is 1. The van der Waals surface area contributed by atoms with Gasteiger partial charge in [0.1, 0.15) is 6.54 Å². The van der Waals surface area contributed by atoms with Crippen LogP contribution in [-0.2, 0) is 20.9 Å². The van der Waals surface area contributed by atoms with E-state index < -0.39 is 5.97 Å². The highest BCUT2D eigenvalue weighted by Gasteiger charge is 2.50. The number of rotatable bonds is 7. The Kier molecular flexibility index (Phi) is 4.09. The first-order chi connectivity index (χ1) is 11.0. The maximum absolute atomic E-state index is 12.4. The summed E-state index contributed by atoms with van der Waals surface area (Å²) < 4.78 is 7.08. The zero-order valence-corrected chi connectivity index (χ0v) is 13.0. The van der Waals surface area contributed by atoms with E-state index in [4.69, 9.17) is 9.84 Å². The summed E-state index contributed by atoms with van der Waals surface area (Å²) >= 11 is 0. The Morgan fingerprint density at radius 2 is 2.13 bits per heavy atom. The van der Waals surface area contributed by atoms with Crippen LogP contribution in [0.4, 0.5) is 5.69 Å². The predicted molar refractivity (Wildman–Crippen MR) is 86.4 cm³/mol. The molecule has 0 radical (unpaired) electrons. The summed E-state index contributed by atoms with van der Waals surface area (Å²) in [4.78, 5) is 23.3. The second-order valence-electron chi connectivity index (χ2n) is 5.98. The molecule has 1 aliphatic carbocycles. The average molecular weight is 316 g/mol. The standard InChI is InChI=1S/C17H20N2O4/c1-2-23-11-17(6-7-17)16(22)18-13-3-4-14-12(9-13)5-8-19(14)10-15(20)21/h3-5,8-9H,2,6-7,10-11H2,1H3,(H,18,22)(H,20,21). The maximum Gasteiger partial charge on any atom is 0.323 e. The zero-order valence-electron chi connectivity index (χ0n) is 13.0. The number of benzene rings is 1. The number of hydrogen-bond donors (Lipinski definition) is 2. The van der Waals surface area contributed by atoms with Crippen molar-refractivity contribution in [3.8, 4) is 0 Å². The van der Waals surface area contributed by atoms with Gasteiger partial charge in [-0.15, -0.1) is 0 Å². The molecule has 1 fully saturated rings. The second-order valence-corrected chi connectivity index (χ2v) is 5.98. The predicted octanol–water partition coefficient (Wildman–Crippen LogP) is 2.48. The molecule has 122 valence electrons. The summed E-state index contributed by atoms with van der Waals surface area (Å²) in [5.41, 5.74) is 1.18. The van der Waals surface area contributed by atoms with Gasteiger partial charge in [0, 0.05) is 29.4 Å². The first kappa shape index (κ1) is 15.6. The number of carbonyl (C=O) groups excluding carboxylic acids is 1. The van der Waals surface area contributed by atoms with Gasteiger partial charge in [0.25, 0.3) is 0 Å². The lowest BCUT2D eigenvalue weighted by Gasteiger charge is -2.15. The smallest absolute Gasteiger partial charge is 0.323 e. The summed E-state index contributed by atoms with van der Waals surface area (Å²) in [6.07, 6.45) is 3.45. The molecule has 2 aromatic rings. The van der Waals surface area contributed by atoms with E-state index in [1.165, 1.54) is 0 Å². The highest BCUT2D eigenvalue weighted by molar-refractivity contribution is 5.99. The molecule has 1 saturated carbocycles. The van der Waals surface area contributed by atoms with E-state index in [-0.39, 0.29) is 17.9 Å². The van der Waals surface area contributed by atoms with Crippen LogP contribution in [0, 0.1) is 5.41 Å². The Hall–Kier alpha value is -2.34. The average Bonchev–Trinajstić information content (AvgIpc) is 3.22. The van der Waals surface area contributed by atoms with Crippen LogP contribution < -0.4 is 5.32 Å². The Bertz CT molecular complexity index is 746. The highest BCUT2D eigenvalue weighted by atomic mass is 16.5. The summed E-state index contributed by atoms with van der Waals surface area (Å²) in [7, 11) is 0. The van der Waals surface area contributed by atoms with E-state index in [2.05, 4.69) is 5.32 Å². The van der Waals surface area contributed by atoms with Gasteiger partial charge < -0.3 is 19.7 Å². The Labute approximate surface area is 134 Å². The van der Waals surface area contributed by atoms with Gasteiger partial charge in [0.15, 0.2) is 0 Å². The van der Waals surface area contributed by atoms with Crippen LogP contribution in [-0.4, -0.2) is 34.8 Å². The molecule has 0 unspecified atom stereocenters. The van der Waals surface area contributed by atoms with E-state index in [1.807, 2.05) is 25.1 Å². The van der Waals surface area contributed by atoms with Gasteiger partial charge in [0.05, 0.1) is 12.0 Å². The molecule has 1 aromatic heterocycles. The fourth-order valence-electron chi connectivity index (χ4n) is 2.71. The van der Waals surface area contributed by atoms with E-state index >= 15 is 0 Å². The van der Waals surface area contributed by atoms with E-state index in [1.54, 1.807) is 16.8 Å². The van der Waals surface area contributed by atoms with Crippen LogP contribution >= 0.6 is 0 Å². The van der Waals surface area contributed by atoms with Gasteiger partial charge in [-0.2, -0.15) is 0 Å². The number of ether oxygens (including phenoxy) is 1. The van der Waals surface area contributed by atoms with Crippen molar-refractivity contribution in [2.75, 3.05) is 18.5 Å². The van der Waals surface area contributed by atoms with E-state index in [0.29, 0.717) is 13.2 Å². The zero-order chi connectivity index (χ0) is 16.4. The molecule has 1 aromatic carbocycles. The van der Waals surface area contributed by atoms with Crippen LogP contribution in [0.2, 0.25) is 0 Å². The normalized spacial score (nSPS) is 15.5. The third kappa shape index (κ3) is 3.22. The molecule has 6 heteroatoms. The topological polar surface area (TPSA) is 80.6 Å². The van der Waals surface area contributed by atoms with Gasteiger partial charge in [-0.25, -0.2) is 0 Å². The number of fused-ring (bicyclic) bond motifs is 1. The molecular formula is C17H20N2O4.